The van der Waals surface area contributed by atoms with Gasteiger partial charge < -0.3 is 19.5 Å². The molecule has 1 aromatic heterocycles. The van der Waals surface area contributed by atoms with Gasteiger partial charge >= 0.3 is 5.97 Å². The Morgan fingerprint density at radius 3 is 2.36 bits per heavy atom. The van der Waals surface area contributed by atoms with Crippen molar-refractivity contribution in [2.24, 2.45) is 0 Å². The lowest BCUT2D eigenvalue weighted by atomic mass is 10.0. The average Bonchev–Trinajstić information content (AvgIpc) is 2.79. The first-order valence-corrected chi connectivity index (χ1v) is 11.0. The number of carboxylic acids is 1. The minimum absolute atomic E-state index is 0.0737. The lowest BCUT2D eigenvalue weighted by molar-refractivity contribution is 0.0696. The molecule has 4 rings (SSSR count). The van der Waals surface area contributed by atoms with E-state index in [0.29, 0.717) is 42.1 Å². The zero-order valence-electron chi connectivity index (χ0n) is 19.1. The first kappa shape index (κ1) is 22.7. The van der Waals surface area contributed by atoms with Crippen LogP contribution in [0.25, 0.3) is 22.2 Å². The number of aromatic carboxylic acids is 1. The Morgan fingerprint density at radius 2 is 1.76 bits per heavy atom. The molecule has 172 valence electrons. The summed E-state index contributed by atoms with van der Waals surface area (Å²) in [7, 11) is 2.03. The summed E-state index contributed by atoms with van der Waals surface area (Å²) in [5.74, 6) is -1.84. The Balaban J connectivity index is 2.07. The van der Waals surface area contributed by atoms with E-state index < -0.39 is 17.2 Å². The van der Waals surface area contributed by atoms with Gasteiger partial charge in [-0.25, -0.2) is 9.18 Å². The predicted molar refractivity (Wildman–Crippen MR) is 130 cm³/mol. The number of carbonyl (C=O) groups is 1. The number of halogens is 1. The second-order valence-electron chi connectivity index (χ2n) is 8.73. The number of piperazine rings is 1. The third-order valence-electron chi connectivity index (χ3n) is 6.12. The van der Waals surface area contributed by atoms with Crippen LogP contribution in [0, 0.1) is 5.82 Å². The highest BCUT2D eigenvalue weighted by Crippen LogP contribution is 2.31. The smallest absolute Gasteiger partial charge is 0.341 e. The second-order valence-corrected chi connectivity index (χ2v) is 8.73. The molecule has 1 aliphatic heterocycles. The van der Waals surface area contributed by atoms with Crippen LogP contribution in [0.15, 0.2) is 58.9 Å². The lowest BCUT2D eigenvalue weighted by Gasteiger charge is -2.34. The van der Waals surface area contributed by atoms with Crippen LogP contribution in [-0.2, 0) is 6.54 Å². The molecule has 2 heterocycles. The molecule has 0 amide bonds. The van der Waals surface area contributed by atoms with Crippen LogP contribution in [0.4, 0.5) is 10.1 Å². The highest BCUT2D eigenvalue weighted by molar-refractivity contribution is 6.00. The van der Waals surface area contributed by atoms with E-state index in [4.69, 9.17) is 0 Å². The summed E-state index contributed by atoms with van der Waals surface area (Å²) in [5, 5.41) is 10.1. The highest BCUT2D eigenvalue weighted by atomic mass is 19.1. The number of hydrogen-bond donors (Lipinski definition) is 1. The Labute approximate surface area is 192 Å². The molecule has 0 atom stereocenters. The maximum Gasteiger partial charge on any atom is 0.341 e. The quantitative estimate of drug-likeness (QED) is 0.591. The van der Waals surface area contributed by atoms with Crippen LogP contribution in [0.2, 0.25) is 0 Å². The number of rotatable bonds is 5. The van der Waals surface area contributed by atoms with Gasteiger partial charge in [-0.2, -0.15) is 0 Å². The number of fused-ring (bicyclic) bond motifs is 1. The minimum Gasteiger partial charge on any atom is -0.477 e. The second kappa shape index (κ2) is 9.19. The Kier molecular flexibility index (Phi) is 6.33. The van der Waals surface area contributed by atoms with Crippen molar-refractivity contribution >= 4 is 22.6 Å². The molecule has 0 aliphatic carbocycles. The molecule has 1 aliphatic rings. The third kappa shape index (κ3) is 4.41. The van der Waals surface area contributed by atoms with Crippen molar-refractivity contribution in [3.05, 3.63) is 75.7 Å². The first-order chi connectivity index (χ1) is 15.8. The first-order valence-electron chi connectivity index (χ1n) is 11.0. The van der Waals surface area contributed by atoms with Gasteiger partial charge in [-0.3, -0.25) is 4.79 Å². The maximum atomic E-state index is 15.2. The number of hydrogen-bond acceptors (Lipinski definition) is 4. The van der Waals surface area contributed by atoms with Crippen molar-refractivity contribution in [2.45, 2.75) is 20.4 Å². The molecule has 0 unspecified atom stereocenters. The van der Waals surface area contributed by atoms with E-state index in [-0.39, 0.29) is 10.9 Å². The molecule has 6 nitrogen and oxygen atoms in total. The molecule has 0 spiro atoms. The number of aromatic nitrogens is 1. The summed E-state index contributed by atoms with van der Waals surface area (Å²) in [6, 6.07) is 11.9. The zero-order valence-corrected chi connectivity index (χ0v) is 19.1. The van der Waals surface area contributed by atoms with Crippen molar-refractivity contribution in [2.75, 3.05) is 38.1 Å². The fourth-order valence-electron chi connectivity index (χ4n) is 4.30. The number of pyridine rings is 1. The minimum atomic E-state index is -1.32. The SMILES string of the molecule is CC(C)=CCn1c(-c2ccccc2)c(C(=O)O)c(=O)c2cc(F)c(N3CCN(C)CC3)cc21. The van der Waals surface area contributed by atoms with Gasteiger partial charge in [-0.15, -0.1) is 0 Å². The predicted octanol–water partition coefficient (Wildman–Crippen LogP) is 4.22. The number of anilines is 1. The highest BCUT2D eigenvalue weighted by Gasteiger charge is 2.25. The normalized spacial score (nSPS) is 14.5. The van der Waals surface area contributed by atoms with Crippen LogP contribution < -0.4 is 10.3 Å². The van der Waals surface area contributed by atoms with Gasteiger partial charge in [0.2, 0.25) is 5.43 Å². The number of nitrogens with zero attached hydrogens (tertiary/aromatic N) is 3. The molecule has 0 saturated carbocycles. The third-order valence-corrected chi connectivity index (χ3v) is 6.12. The van der Waals surface area contributed by atoms with E-state index in [1.165, 1.54) is 6.07 Å². The molecular weight excluding hydrogens is 421 g/mol. The lowest BCUT2D eigenvalue weighted by Crippen LogP contribution is -2.44. The topological polar surface area (TPSA) is 65.8 Å². The summed E-state index contributed by atoms with van der Waals surface area (Å²) in [6.45, 7) is 7.26. The van der Waals surface area contributed by atoms with Gasteiger partial charge in [0.1, 0.15) is 11.4 Å². The molecule has 1 saturated heterocycles. The molecule has 33 heavy (non-hydrogen) atoms. The van der Waals surface area contributed by atoms with Crippen LogP contribution >= 0.6 is 0 Å². The van der Waals surface area contributed by atoms with Crippen molar-refractivity contribution in [1.82, 2.24) is 9.47 Å². The van der Waals surface area contributed by atoms with Gasteiger partial charge in [-0.1, -0.05) is 42.0 Å². The fraction of sp³-hybridized carbons (Fsp3) is 0.308. The van der Waals surface area contributed by atoms with E-state index in [9.17, 15) is 14.7 Å². The maximum absolute atomic E-state index is 15.2. The van der Waals surface area contributed by atoms with Gasteiger partial charge in [0, 0.05) is 38.1 Å². The number of likely N-dealkylation sites (N-methyl/N-ethyl adjacent to an activating group) is 1. The molecule has 7 heteroatoms. The average molecular weight is 450 g/mol. The summed E-state index contributed by atoms with van der Waals surface area (Å²) >= 11 is 0. The monoisotopic (exact) mass is 449 g/mol. The van der Waals surface area contributed by atoms with Crippen molar-refractivity contribution in [1.29, 1.82) is 0 Å². The van der Waals surface area contributed by atoms with E-state index in [0.717, 1.165) is 18.7 Å². The molecule has 1 N–H and O–H groups in total. The summed E-state index contributed by atoms with van der Waals surface area (Å²) in [5.41, 5.74) is 1.95. The largest absolute Gasteiger partial charge is 0.477 e. The summed E-state index contributed by atoms with van der Waals surface area (Å²) < 4.78 is 17.0. The van der Waals surface area contributed by atoms with Crippen molar-refractivity contribution in [3.63, 3.8) is 0 Å². The molecule has 1 fully saturated rings. The van der Waals surface area contributed by atoms with E-state index in [1.807, 2.05) is 42.5 Å². The van der Waals surface area contributed by atoms with Crippen LogP contribution in [0.5, 0.6) is 0 Å². The Hall–Kier alpha value is -3.45. The van der Waals surface area contributed by atoms with Gasteiger partial charge in [0.05, 0.1) is 16.9 Å². The standard InChI is InChI=1S/C26H28FN3O3/c1-17(2)9-10-30-21-16-22(29-13-11-28(3)12-14-29)20(27)15-19(21)25(31)23(26(32)33)24(30)18-7-5-4-6-8-18/h4-9,15-16H,10-14H2,1-3H3,(H,32,33). The van der Waals surface area contributed by atoms with Crippen LogP contribution in [0.1, 0.15) is 24.2 Å². The van der Waals surface area contributed by atoms with E-state index in [2.05, 4.69) is 4.90 Å². The van der Waals surface area contributed by atoms with Gasteiger partial charge in [-0.05, 0) is 38.6 Å². The molecule has 0 bridgehead atoms. The Morgan fingerprint density at radius 1 is 1.09 bits per heavy atom. The number of allylic oxidation sites excluding steroid dienone is 2. The summed E-state index contributed by atoms with van der Waals surface area (Å²) in [6.07, 6.45) is 1.97. The van der Waals surface area contributed by atoms with Gasteiger partial charge in [0.25, 0.3) is 0 Å². The van der Waals surface area contributed by atoms with Gasteiger partial charge in [0.15, 0.2) is 0 Å². The molecule has 2 aromatic carbocycles. The van der Waals surface area contributed by atoms with Crippen molar-refractivity contribution in [3.8, 4) is 11.3 Å². The molecular formula is C26H28FN3O3. The zero-order chi connectivity index (χ0) is 23.7. The number of carboxylic acid groups (broad SMARTS) is 1. The van der Waals surface area contributed by atoms with E-state index >= 15 is 4.39 Å². The Bertz CT molecular complexity index is 1290. The van der Waals surface area contributed by atoms with E-state index in [1.54, 1.807) is 30.3 Å². The molecule has 0 radical (unpaired) electrons. The summed E-state index contributed by atoms with van der Waals surface area (Å²) in [4.78, 5) is 29.8. The van der Waals surface area contributed by atoms with Crippen LogP contribution in [-0.4, -0.2) is 53.8 Å². The van der Waals surface area contributed by atoms with Crippen molar-refractivity contribution < 1.29 is 14.3 Å². The fourth-order valence-corrected chi connectivity index (χ4v) is 4.30. The van der Waals surface area contributed by atoms with Crippen LogP contribution in [0.3, 0.4) is 0 Å². The molecule has 3 aromatic rings. The number of benzene rings is 2.